The van der Waals surface area contributed by atoms with Crippen LogP contribution < -0.4 is 5.32 Å². The summed E-state index contributed by atoms with van der Waals surface area (Å²) in [4.78, 5) is 29.2. The number of oxazole rings is 1. The van der Waals surface area contributed by atoms with Crippen molar-refractivity contribution in [3.8, 4) is 11.5 Å². The van der Waals surface area contributed by atoms with Crippen molar-refractivity contribution in [3.63, 3.8) is 0 Å². The van der Waals surface area contributed by atoms with Crippen LogP contribution in [0.5, 0.6) is 0 Å². The zero-order valence-corrected chi connectivity index (χ0v) is 16.9. The van der Waals surface area contributed by atoms with E-state index in [1.165, 1.54) is 12.1 Å². The van der Waals surface area contributed by atoms with E-state index < -0.39 is 18.5 Å². The van der Waals surface area contributed by atoms with Crippen LogP contribution in [0.3, 0.4) is 0 Å². The number of rotatable bonds is 5. The van der Waals surface area contributed by atoms with Crippen LogP contribution >= 0.6 is 23.2 Å². The number of halogens is 2. The summed E-state index contributed by atoms with van der Waals surface area (Å²) in [6, 6.07) is 18.6. The maximum Gasteiger partial charge on any atom is 0.339 e. The van der Waals surface area contributed by atoms with E-state index in [-0.39, 0.29) is 5.56 Å². The number of benzene rings is 3. The maximum atomic E-state index is 12.6. The van der Waals surface area contributed by atoms with Gasteiger partial charge in [-0.15, -0.1) is 0 Å². The van der Waals surface area contributed by atoms with Gasteiger partial charge in [0.05, 0.1) is 11.1 Å². The summed E-state index contributed by atoms with van der Waals surface area (Å²) in [7, 11) is 0. The number of anilines is 1. The highest BCUT2D eigenvalue weighted by atomic mass is 35.5. The highest BCUT2D eigenvalue weighted by Gasteiger charge is 2.19. The largest absolute Gasteiger partial charge is 0.452 e. The summed E-state index contributed by atoms with van der Waals surface area (Å²) < 4.78 is 10.9. The van der Waals surface area contributed by atoms with Crippen molar-refractivity contribution < 1.29 is 18.7 Å². The van der Waals surface area contributed by atoms with Gasteiger partial charge in [-0.3, -0.25) is 4.79 Å². The monoisotopic (exact) mass is 440 g/mol. The number of esters is 1. The van der Waals surface area contributed by atoms with Crippen molar-refractivity contribution in [2.45, 2.75) is 0 Å². The molecule has 150 valence electrons. The Balaban J connectivity index is 1.48. The van der Waals surface area contributed by atoms with Crippen LogP contribution in [0.2, 0.25) is 10.0 Å². The van der Waals surface area contributed by atoms with Crippen LogP contribution in [0.4, 0.5) is 5.69 Å². The average molecular weight is 441 g/mol. The molecule has 0 bridgehead atoms. The lowest BCUT2D eigenvalue weighted by atomic mass is 10.1. The molecule has 0 saturated carbocycles. The molecule has 8 heteroatoms. The van der Waals surface area contributed by atoms with E-state index in [0.717, 1.165) is 0 Å². The molecule has 0 radical (unpaired) electrons. The van der Waals surface area contributed by atoms with Crippen molar-refractivity contribution in [2.75, 3.05) is 11.9 Å². The van der Waals surface area contributed by atoms with Crippen LogP contribution in [0, 0.1) is 0 Å². The lowest BCUT2D eigenvalue weighted by Gasteiger charge is -2.09. The number of carbonyl (C=O) groups is 2. The first-order valence-electron chi connectivity index (χ1n) is 8.87. The molecule has 0 saturated heterocycles. The fourth-order valence-corrected chi connectivity index (χ4v) is 3.39. The van der Waals surface area contributed by atoms with Gasteiger partial charge < -0.3 is 14.5 Å². The highest BCUT2D eigenvalue weighted by Crippen LogP contribution is 2.27. The molecule has 0 aliphatic heterocycles. The summed E-state index contributed by atoms with van der Waals surface area (Å²) >= 11 is 11.8. The van der Waals surface area contributed by atoms with E-state index in [4.69, 9.17) is 32.4 Å². The molecule has 1 aromatic heterocycles. The third-order valence-corrected chi connectivity index (χ3v) is 4.59. The zero-order chi connectivity index (χ0) is 21.1. The standard InChI is InChI=1S/C22H14Cl2N2O4/c23-13-9-14(24)11-15(10-13)25-20(27)12-29-22(28)17-6-2-1-5-16(17)21-26-18-7-3-4-8-19(18)30-21/h1-11H,12H2,(H,25,27). The number of carbonyl (C=O) groups excluding carboxylic acids is 2. The van der Waals surface area contributed by atoms with Gasteiger partial charge in [-0.25, -0.2) is 9.78 Å². The van der Waals surface area contributed by atoms with Gasteiger partial charge in [0.15, 0.2) is 12.2 Å². The molecule has 0 spiro atoms. The summed E-state index contributed by atoms with van der Waals surface area (Å²) in [5.41, 5.74) is 2.40. The Morgan fingerprint density at radius 3 is 2.43 bits per heavy atom. The Morgan fingerprint density at radius 2 is 1.67 bits per heavy atom. The number of hydrogen-bond acceptors (Lipinski definition) is 5. The second-order valence-corrected chi connectivity index (χ2v) is 7.19. The van der Waals surface area contributed by atoms with Gasteiger partial charge in [0.1, 0.15) is 5.52 Å². The van der Waals surface area contributed by atoms with Gasteiger partial charge >= 0.3 is 5.97 Å². The van der Waals surface area contributed by atoms with Crippen LogP contribution in [-0.2, 0) is 9.53 Å². The SMILES string of the molecule is O=C(COC(=O)c1ccccc1-c1nc2ccccc2o1)Nc1cc(Cl)cc(Cl)c1. The molecular formula is C22H14Cl2N2O4. The summed E-state index contributed by atoms with van der Waals surface area (Å²) in [5, 5.41) is 3.33. The predicted octanol–water partition coefficient (Wildman–Crippen LogP) is 5.60. The Kier molecular flexibility index (Phi) is 5.70. The highest BCUT2D eigenvalue weighted by molar-refractivity contribution is 6.35. The van der Waals surface area contributed by atoms with E-state index in [2.05, 4.69) is 10.3 Å². The number of hydrogen-bond donors (Lipinski definition) is 1. The van der Waals surface area contributed by atoms with Crippen LogP contribution in [0.15, 0.2) is 71.1 Å². The molecule has 6 nitrogen and oxygen atoms in total. The van der Waals surface area contributed by atoms with Crippen molar-refractivity contribution in [2.24, 2.45) is 0 Å². The molecule has 4 aromatic rings. The number of para-hydroxylation sites is 2. The molecule has 1 amide bonds. The first-order chi connectivity index (χ1) is 14.5. The number of amides is 1. The molecule has 0 aliphatic rings. The topological polar surface area (TPSA) is 81.4 Å². The van der Waals surface area contributed by atoms with Crippen LogP contribution in [0.1, 0.15) is 10.4 Å². The lowest BCUT2D eigenvalue weighted by molar-refractivity contribution is -0.119. The molecule has 0 fully saturated rings. The first kappa shape index (κ1) is 19.9. The van der Waals surface area contributed by atoms with Gasteiger partial charge in [-0.2, -0.15) is 0 Å². The van der Waals surface area contributed by atoms with Gasteiger partial charge in [0.2, 0.25) is 5.89 Å². The zero-order valence-electron chi connectivity index (χ0n) is 15.4. The van der Waals surface area contributed by atoms with Crippen molar-refractivity contribution in [1.29, 1.82) is 0 Å². The van der Waals surface area contributed by atoms with Gasteiger partial charge in [-0.05, 0) is 42.5 Å². The van der Waals surface area contributed by atoms with E-state index in [1.807, 2.05) is 18.2 Å². The van der Waals surface area contributed by atoms with Crippen molar-refractivity contribution >= 4 is 51.9 Å². The van der Waals surface area contributed by atoms with E-state index in [1.54, 1.807) is 36.4 Å². The van der Waals surface area contributed by atoms with Gasteiger partial charge in [-0.1, -0.05) is 47.5 Å². The molecule has 1 N–H and O–H groups in total. The number of nitrogens with zero attached hydrogens (tertiary/aromatic N) is 1. The molecule has 0 unspecified atom stereocenters. The number of fused-ring (bicyclic) bond motifs is 1. The molecule has 30 heavy (non-hydrogen) atoms. The van der Waals surface area contributed by atoms with E-state index in [9.17, 15) is 9.59 Å². The molecule has 0 atom stereocenters. The smallest absolute Gasteiger partial charge is 0.339 e. The van der Waals surface area contributed by atoms with Crippen LogP contribution in [0.25, 0.3) is 22.6 Å². The number of ether oxygens (including phenoxy) is 1. The Morgan fingerprint density at radius 1 is 0.967 bits per heavy atom. The van der Waals surface area contributed by atoms with Crippen molar-refractivity contribution in [3.05, 3.63) is 82.3 Å². The van der Waals surface area contributed by atoms with Gasteiger partial charge in [0, 0.05) is 15.7 Å². The second kappa shape index (κ2) is 8.57. The van der Waals surface area contributed by atoms with Gasteiger partial charge in [0.25, 0.3) is 5.91 Å². The molecule has 0 aliphatic carbocycles. The third-order valence-electron chi connectivity index (χ3n) is 4.15. The summed E-state index contributed by atoms with van der Waals surface area (Å²) in [6.45, 7) is -0.481. The Hall–Kier alpha value is -3.35. The summed E-state index contributed by atoms with van der Waals surface area (Å²) in [6.07, 6.45) is 0. The minimum absolute atomic E-state index is 0.239. The minimum Gasteiger partial charge on any atom is -0.452 e. The van der Waals surface area contributed by atoms with E-state index in [0.29, 0.717) is 38.3 Å². The lowest BCUT2D eigenvalue weighted by Crippen LogP contribution is -2.21. The predicted molar refractivity (Wildman–Crippen MR) is 115 cm³/mol. The molecule has 4 rings (SSSR count). The fraction of sp³-hybridized carbons (Fsp3) is 0.0455. The fourth-order valence-electron chi connectivity index (χ4n) is 2.87. The molecule has 3 aromatic carbocycles. The first-order valence-corrected chi connectivity index (χ1v) is 9.63. The second-order valence-electron chi connectivity index (χ2n) is 6.31. The number of nitrogens with one attached hydrogen (secondary N) is 1. The normalized spacial score (nSPS) is 10.7. The average Bonchev–Trinajstić information content (AvgIpc) is 3.15. The van der Waals surface area contributed by atoms with E-state index >= 15 is 0 Å². The minimum atomic E-state index is -0.674. The Bertz CT molecular complexity index is 1200. The van der Waals surface area contributed by atoms with Crippen molar-refractivity contribution in [1.82, 2.24) is 4.98 Å². The van der Waals surface area contributed by atoms with Crippen LogP contribution in [-0.4, -0.2) is 23.5 Å². The third kappa shape index (κ3) is 4.45. The quantitative estimate of drug-likeness (QED) is 0.408. The summed E-state index contributed by atoms with van der Waals surface area (Å²) in [5.74, 6) is -0.907. The molecule has 1 heterocycles. The maximum absolute atomic E-state index is 12.6. The molecular weight excluding hydrogens is 427 g/mol. The Labute approximate surface area is 181 Å². The number of aromatic nitrogens is 1.